The Labute approximate surface area is 274 Å². The number of carbonyl (C=O) groups is 1. The average Bonchev–Trinajstić information content (AvgIpc) is 3.86. The fourth-order valence-electron chi connectivity index (χ4n) is 8.97. The number of aromatic nitrogens is 5. The van der Waals surface area contributed by atoms with E-state index in [1.807, 2.05) is 0 Å². The van der Waals surface area contributed by atoms with E-state index < -0.39 is 23.3 Å². The van der Waals surface area contributed by atoms with Gasteiger partial charge in [-0.2, -0.15) is 15.1 Å². The molecule has 4 aromatic rings. The Morgan fingerprint density at radius 1 is 1.06 bits per heavy atom. The summed E-state index contributed by atoms with van der Waals surface area (Å²) >= 11 is 0. The number of hydrogen-bond acceptors (Lipinski definition) is 9. The van der Waals surface area contributed by atoms with Crippen molar-refractivity contribution in [2.24, 2.45) is 5.92 Å². The predicted octanol–water partition coefficient (Wildman–Crippen LogP) is 5.18. The molecule has 14 heteroatoms. The van der Waals surface area contributed by atoms with Gasteiger partial charge < -0.3 is 19.3 Å². The monoisotopic (exact) mass is 662 g/mol. The maximum atomic E-state index is 17.0. The Bertz CT molecular complexity index is 1920. The number of halogens is 3. The molecule has 0 saturated carbocycles. The van der Waals surface area contributed by atoms with Gasteiger partial charge in [-0.05, 0) is 69.0 Å². The van der Waals surface area contributed by atoms with Gasteiger partial charge in [-0.25, -0.2) is 18.0 Å². The molecule has 0 radical (unpaired) electrons. The molecule has 6 aliphatic rings. The second-order valence-electron chi connectivity index (χ2n) is 14.0. The third-order valence-corrected chi connectivity index (χ3v) is 11.4. The van der Waals surface area contributed by atoms with Gasteiger partial charge >= 0.3 is 12.1 Å². The number of hydrogen-bond donors (Lipinski definition) is 1. The van der Waals surface area contributed by atoms with Crippen LogP contribution in [0, 0.1) is 17.6 Å². The molecule has 11 nitrogen and oxygen atoms in total. The van der Waals surface area contributed by atoms with Gasteiger partial charge in [0, 0.05) is 49.7 Å². The molecule has 252 valence electrons. The molecule has 0 aliphatic carbocycles. The highest BCUT2D eigenvalue weighted by molar-refractivity contribution is 5.99. The Morgan fingerprint density at radius 3 is 2.88 bits per heavy atom. The van der Waals surface area contributed by atoms with E-state index in [0.29, 0.717) is 84.6 Å². The fourth-order valence-corrected chi connectivity index (χ4v) is 8.97. The summed E-state index contributed by atoms with van der Waals surface area (Å²) in [5.41, 5.74) is 0.567. The maximum absolute atomic E-state index is 17.0. The van der Waals surface area contributed by atoms with E-state index in [-0.39, 0.29) is 49.0 Å². The number of alkyl halides is 1. The second-order valence-corrected chi connectivity index (χ2v) is 14.0. The summed E-state index contributed by atoms with van der Waals surface area (Å²) in [6.45, 7) is 3.31. The van der Waals surface area contributed by atoms with Crippen LogP contribution in [0.25, 0.3) is 33.1 Å². The van der Waals surface area contributed by atoms with Crippen molar-refractivity contribution in [1.29, 1.82) is 0 Å². The van der Waals surface area contributed by atoms with Gasteiger partial charge in [0.1, 0.15) is 35.6 Å². The van der Waals surface area contributed by atoms with E-state index in [1.165, 1.54) is 6.07 Å². The van der Waals surface area contributed by atoms with Gasteiger partial charge in [0.15, 0.2) is 5.82 Å². The molecule has 4 fully saturated rings. The van der Waals surface area contributed by atoms with Crippen LogP contribution in [-0.2, 0) is 11.2 Å². The molecule has 3 aromatic heterocycles. The second kappa shape index (κ2) is 11.5. The molecule has 1 N–H and O–H groups in total. The lowest BCUT2D eigenvalue weighted by atomic mass is 9.92. The van der Waals surface area contributed by atoms with Crippen LogP contribution in [0.4, 0.5) is 23.8 Å². The first kappa shape index (κ1) is 29.9. The standard InChI is InChI=1S/C34H37F3N8O3/c35-20-13-34(7-3-8-44(34)16-20)18-48-32-40-29-23-14-38-30(28(29)37)27-21(24(36)12-25-22(27)15-39-42-25)4-1-2-11-47-33(46)45-10-6-19-5-9-43(17-26(19)45)31(23)41-32/h12,14-15,19-20,26H,1-11,13,16-18H2,(H,39,42)/t19-,20+,26-,34-/m0/s1. The van der Waals surface area contributed by atoms with E-state index in [0.717, 1.165) is 32.2 Å². The normalized spacial score (nSPS) is 27.6. The zero-order chi connectivity index (χ0) is 32.6. The number of fused-ring (bicyclic) bond motifs is 8. The summed E-state index contributed by atoms with van der Waals surface area (Å²) in [6.07, 6.45) is 6.99. The van der Waals surface area contributed by atoms with E-state index in [4.69, 9.17) is 14.5 Å². The highest BCUT2D eigenvalue weighted by atomic mass is 19.1. The summed E-state index contributed by atoms with van der Waals surface area (Å²) < 4.78 is 59.3. The van der Waals surface area contributed by atoms with Crippen molar-refractivity contribution in [2.75, 3.05) is 50.8 Å². The molecule has 48 heavy (non-hydrogen) atoms. The van der Waals surface area contributed by atoms with Crippen molar-refractivity contribution < 1.29 is 27.4 Å². The van der Waals surface area contributed by atoms with Crippen molar-refractivity contribution >= 4 is 33.7 Å². The molecule has 0 spiro atoms. The van der Waals surface area contributed by atoms with E-state index in [9.17, 15) is 9.18 Å². The van der Waals surface area contributed by atoms with Crippen molar-refractivity contribution in [3.05, 3.63) is 35.7 Å². The fraction of sp³-hybridized carbons (Fsp3) is 0.559. The number of pyridine rings is 1. The minimum atomic E-state index is -0.924. The zero-order valence-electron chi connectivity index (χ0n) is 26.6. The smallest absolute Gasteiger partial charge is 0.410 e. The topological polar surface area (TPSA) is 113 Å². The molecule has 9 heterocycles. The number of nitrogens with one attached hydrogen (secondary N) is 1. The molecule has 4 saturated heterocycles. The first-order valence-corrected chi connectivity index (χ1v) is 17.1. The summed E-state index contributed by atoms with van der Waals surface area (Å²) in [5, 5.41) is 7.84. The van der Waals surface area contributed by atoms with Crippen LogP contribution in [0.15, 0.2) is 18.5 Å². The highest BCUT2D eigenvalue weighted by Gasteiger charge is 2.49. The van der Waals surface area contributed by atoms with Gasteiger partial charge in [0.2, 0.25) is 0 Å². The molecule has 6 aliphatic heterocycles. The van der Waals surface area contributed by atoms with Gasteiger partial charge in [0.05, 0.1) is 35.3 Å². The Morgan fingerprint density at radius 2 is 1.96 bits per heavy atom. The van der Waals surface area contributed by atoms with Crippen LogP contribution < -0.4 is 9.64 Å². The van der Waals surface area contributed by atoms with Crippen LogP contribution in [0.2, 0.25) is 0 Å². The summed E-state index contributed by atoms with van der Waals surface area (Å²) in [4.78, 5) is 33.4. The number of amides is 1. The summed E-state index contributed by atoms with van der Waals surface area (Å²) in [5.74, 6) is -0.434. The highest BCUT2D eigenvalue weighted by Crippen LogP contribution is 2.42. The number of rotatable bonds is 3. The number of anilines is 1. The third kappa shape index (κ3) is 4.77. The number of benzene rings is 1. The summed E-state index contributed by atoms with van der Waals surface area (Å²) in [7, 11) is 0. The summed E-state index contributed by atoms with van der Waals surface area (Å²) in [6, 6.07) is 1.27. The molecule has 10 rings (SSSR count). The van der Waals surface area contributed by atoms with E-state index in [1.54, 1.807) is 17.3 Å². The van der Waals surface area contributed by atoms with Crippen molar-refractivity contribution in [3.8, 4) is 17.3 Å². The SMILES string of the molecule is O=C1OCCCCc2c(F)cc3[nH]ncc3c2-c2ncc3c(nc(OC[C@@]45CCCN4C[C@H](F)C5)nc3c2F)N2CC[C@H]3CCN1[C@H]3C2. The van der Waals surface area contributed by atoms with Crippen LogP contribution in [0.5, 0.6) is 6.01 Å². The Hall–Kier alpha value is -4.20. The lowest BCUT2D eigenvalue weighted by Gasteiger charge is -2.39. The Kier molecular flexibility index (Phi) is 7.14. The largest absolute Gasteiger partial charge is 0.461 e. The Balaban J connectivity index is 1.20. The van der Waals surface area contributed by atoms with E-state index >= 15 is 8.78 Å². The van der Waals surface area contributed by atoms with Crippen molar-refractivity contribution in [3.63, 3.8) is 0 Å². The molecule has 0 unspecified atom stereocenters. The minimum absolute atomic E-state index is 0.00673. The minimum Gasteiger partial charge on any atom is -0.461 e. The number of ether oxygens (including phenoxy) is 2. The zero-order valence-corrected chi connectivity index (χ0v) is 26.6. The lowest BCUT2D eigenvalue weighted by molar-refractivity contribution is 0.0910. The van der Waals surface area contributed by atoms with Gasteiger partial charge in [-0.15, -0.1) is 0 Å². The first-order chi connectivity index (χ1) is 23.4. The van der Waals surface area contributed by atoms with E-state index in [2.05, 4.69) is 30.0 Å². The van der Waals surface area contributed by atoms with Crippen LogP contribution in [0.1, 0.15) is 50.5 Å². The number of nitrogens with zero attached hydrogens (tertiary/aromatic N) is 7. The van der Waals surface area contributed by atoms with Gasteiger partial charge in [0.25, 0.3) is 0 Å². The molecule has 1 aromatic carbocycles. The van der Waals surface area contributed by atoms with Crippen molar-refractivity contribution in [2.45, 2.75) is 69.1 Å². The number of aromatic amines is 1. The van der Waals surface area contributed by atoms with Crippen LogP contribution in [-0.4, -0.2) is 105 Å². The van der Waals surface area contributed by atoms with Gasteiger partial charge in [-0.1, -0.05) is 0 Å². The number of piperidine rings is 1. The average molecular weight is 663 g/mol. The number of H-pyrrole nitrogens is 1. The molecular formula is C34H37F3N8O3. The number of carbonyl (C=O) groups excluding carboxylic acids is 1. The molecule has 6 bridgehead atoms. The first-order valence-electron chi connectivity index (χ1n) is 17.1. The van der Waals surface area contributed by atoms with Gasteiger partial charge in [-0.3, -0.25) is 15.0 Å². The quantitative estimate of drug-likeness (QED) is 0.317. The molecule has 4 atom stereocenters. The maximum Gasteiger partial charge on any atom is 0.410 e. The van der Waals surface area contributed by atoms with Crippen molar-refractivity contribution in [1.82, 2.24) is 34.9 Å². The molecular weight excluding hydrogens is 625 g/mol. The third-order valence-electron chi connectivity index (χ3n) is 11.4. The van der Waals surface area contributed by atoms with Crippen LogP contribution >= 0.6 is 0 Å². The molecule has 1 amide bonds. The predicted molar refractivity (Wildman–Crippen MR) is 171 cm³/mol. The lowest BCUT2D eigenvalue weighted by Crippen LogP contribution is -2.50. The van der Waals surface area contributed by atoms with Crippen LogP contribution in [0.3, 0.4) is 0 Å².